The maximum atomic E-state index is 16.0. The number of halogens is 2. The number of ketones is 1. The highest BCUT2D eigenvalue weighted by Crippen LogP contribution is 2.43. The fourth-order valence-electron chi connectivity index (χ4n) is 6.96. The summed E-state index contributed by atoms with van der Waals surface area (Å²) in [6.07, 6.45) is 0.0614. The van der Waals surface area contributed by atoms with Gasteiger partial charge in [-0.1, -0.05) is 20.3 Å². The Morgan fingerprint density at radius 1 is 1.13 bits per heavy atom. The number of carbonyl (C=O) groups excluding carboxylic acids is 3. The van der Waals surface area contributed by atoms with Crippen LogP contribution in [0.25, 0.3) is 11.0 Å². The van der Waals surface area contributed by atoms with Gasteiger partial charge in [-0.05, 0) is 50.7 Å². The highest BCUT2D eigenvalue weighted by molar-refractivity contribution is 5.93. The van der Waals surface area contributed by atoms with E-state index in [0.29, 0.717) is 36.9 Å². The van der Waals surface area contributed by atoms with Crippen LogP contribution in [0.15, 0.2) is 18.2 Å². The molecule has 4 heterocycles. The first-order valence-electron chi connectivity index (χ1n) is 15.7. The number of benzene rings is 1. The summed E-state index contributed by atoms with van der Waals surface area (Å²) in [6, 6.07) is 2.88. The van der Waals surface area contributed by atoms with Gasteiger partial charge in [0.1, 0.15) is 24.0 Å². The van der Waals surface area contributed by atoms with Crippen LogP contribution in [-0.4, -0.2) is 83.8 Å². The number of methoxy groups -OCH3 is 1. The van der Waals surface area contributed by atoms with Crippen LogP contribution in [0.1, 0.15) is 65.0 Å². The molecule has 1 aromatic carbocycles. The Morgan fingerprint density at radius 2 is 1.91 bits per heavy atom. The summed E-state index contributed by atoms with van der Waals surface area (Å²) in [5, 5.41) is 2.79. The molecular weight excluding hydrogens is 590 g/mol. The van der Waals surface area contributed by atoms with Gasteiger partial charge in [-0.2, -0.15) is 8.78 Å². The molecule has 1 saturated carbocycles. The zero-order valence-electron chi connectivity index (χ0n) is 26.0. The van der Waals surface area contributed by atoms with Gasteiger partial charge in [0.2, 0.25) is 11.8 Å². The molecule has 13 heteroatoms. The second-order valence-corrected chi connectivity index (χ2v) is 13.1. The third kappa shape index (κ3) is 6.03. The zero-order valence-corrected chi connectivity index (χ0v) is 26.0. The Kier molecular flexibility index (Phi) is 8.34. The molecule has 0 radical (unpaired) electrons. The largest absolute Gasteiger partial charge is 0.497 e. The van der Waals surface area contributed by atoms with Crippen LogP contribution in [0.2, 0.25) is 0 Å². The molecular formula is C32H40F2N4O7. The van der Waals surface area contributed by atoms with Gasteiger partial charge < -0.3 is 29.2 Å². The molecule has 1 N–H and O–H groups in total. The summed E-state index contributed by atoms with van der Waals surface area (Å²) < 4.78 is 54.6. The molecule has 3 aliphatic heterocycles. The fourth-order valence-corrected chi connectivity index (χ4v) is 6.96. The van der Waals surface area contributed by atoms with E-state index >= 15 is 8.78 Å². The summed E-state index contributed by atoms with van der Waals surface area (Å²) in [7, 11) is 1.49. The number of nitrogens with zero attached hydrogens (tertiary/aromatic N) is 3. The molecule has 1 aromatic heterocycles. The molecule has 1 aliphatic carbocycles. The van der Waals surface area contributed by atoms with Crippen LogP contribution in [0.3, 0.4) is 0 Å². The van der Waals surface area contributed by atoms with Crippen molar-refractivity contribution in [1.29, 1.82) is 0 Å². The summed E-state index contributed by atoms with van der Waals surface area (Å²) >= 11 is 0. The predicted molar refractivity (Wildman–Crippen MR) is 157 cm³/mol. The minimum absolute atomic E-state index is 0.0701. The minimum Gasteiger partial charge on any atom is -0.497 e. The average molecular weight is 631 g/mol. The Labute approximate surface area is 260 Å². The number of fused-ring (bicyclic) bond motifs is 5. The average Bonchev–Trinajstić information content (AvgIpc) is 3.61. The first kappa shape index (κ1) is 31.4. The lowest BCUT2D eigenvalue weighted by molar-refractivity contribution is -0.158. The molecule has 2 saturated heterocycles. The van der Waals surface area contributed by atoms with E-state index in [-0.39, 0.29) is 55.4 Å². The van der Waals surface area contributed by atoms with E-state index in [2.05, 4.69) is 15.3 Å². The number of alkyl carbamates (subject to hydrolysis) is 1. The van der Waals surface area contributed by atoms with Gasteiger partial charge in [-0.15, -0.1) is 0 Å². The molecule has 45 heavy (non-hydrogen) atoms. The molecule has 2 bridgehead atoms. The van der Waals surface area contributed by atoms with Crippen molar-refractivity contribution in [2.75, 3.05) is 26.9 Å². The standard InChI is InChI=1S/C32H40F2N4O7/c1-5-20-24-14-38(25(20)17(2)39)29(40)27(31(3)15-43-16-31)37-30(41)45-23-12-18(23)8-6-7-11-32(33,34)26-28(44-24)36-22-13-19(42-4)9-10-21(22)35-26/h9-10,13,18,20,23-25,27H,5-8,11-12,14-16H2,1-4H3,(H,37,41)/t18-,20-,23-,24+,25-,27-/m1/s1. The van der Waals surface area contributed by atoms with Gasteiger partial charge in [-0.3, -0.25) is 9.59 Å². The van der Waals surface area contributed by atoms with Crippen molar-refractivity contribution >= 4 is 28.8 Å². The van der Waals surface area contributed by atoms with Gasteiger partial charge in [0.25, 0.3) is 5.92 Å². The number of rotatable bonds is 4. The van der Waals surface area contributed by atoms with Crippen LogP contribution >= 0.6 is 0 Å². The summed E-state index contributed by atoms with van der Waals surface area (Å²) in [6.45, 7) is 5.49. The van der Waals surface area contributed by atoms with Crippen LogP contribution in [0.5, 0.6) is 11.6 Å². The normalized spacial score (nSPS) is 31.2. The zero-order chi connectivity index (χ0) is 32.1. The number of aromatic nitrogens is 2. The third-order valence-electron chi connectivity index (χ3n) is 9.72. The van der Waals surface area contributed by atoms with E-state index < -0.39 is 59.6 Å². The van der Waals surface area contributed by atoms with Gasteiger partial charge in [-0.25, -0.2) is 14.8 Å². The number of carbonyl (C=O) groups is 3. The molecule has 11 nitrogen and oxygen atoms in total. The van der Waals surface area contributed by atoms with Crippen molar-refractivity contribution in [3.8, 4) is 11.6 Å². The fraction of sp³-hybridized carbons (Fsp3) is 0.656. The second-order valence-electron chi connectivity index (χ2n) is 13.1. The van der Waals surface area contributed by atoms with Crippen molar-refractivity contribution in [2.45, 2.75) is 89.5 Å². The van der Waals surface area contributed by atoms with Crippen LogP contribution in [0, 0.1) is 17.3 Å². The Bertz CT molecular complexity index is 1480. The van der Waals surface area contributed by atoms with Crippen molar-refractivity contribution < 1.29 is 42.1 Å². The second kappa shape index (κ2) is 12.0. The Balaban J connectivity index is 1.42. The van der Waals surface area contributed by atoms with E-state index in [1.165, 1.54) is 18.9 Å². The Morgan fingerprint density at radius 3 is 2.58 bits per heavy atom. The minimum atomic E-state index is -3.36. The molecule has 6 rings (SSSR count). The number of nitrogens with one attached hydrogen (secondary N) is 1. The highest BCUT2D eigenvalue weighted by Gasteiger charge is 2.54. The molecule has 0 unspecified atom stereocenters. The van der Waals surface area contributed by atoms with E-state index in [9.17, 15) is 14.4 Å². The molecule has 0 spiro atoms. The number of hydrogen-bond acceptors (Lipinski definition) is 9. The van der Waals surface area contributed by atoms with Crippen molar-refractivity contribution in [2.24, 2.45) is 17.3 Å². The lowest BCUT2D eigenvalue weighted by atomic mass is 9.79. The lowest BCUT2D eigenvalue weighted by Crippen LogP contribution is -2.64. The molecule has 2 aromatic rings. The van der Waals surface area contributed by atoms with Crippen LogP contribution < -0.4 is 14.8 Å². The van der Waals surface area contributed by atoms with E-state index in [4.69, 9.17) is 18.9 Å². The number of amides is 2. The summed E-state index contributed by atoms with van der Waals surface area (Å²) in [4.78, 5) is 50.7. The molecule has 3 fully saturated rings. The van der Waals surface area contributed by atoms with E-state index in [0.717, 1.165) is 0 Å². The van der Waals surface area contributed by atoms with Crippen LogP contribution in [0.4, 0.5) is 13.6 Å². The summed E-state index contributed by atoms with van der Waals surface area (Å²) in [5.41, 5.74) is -0.713. The highest BCUT2D eigenvalue weighted by atomic mass is 19.3. The number of alkyl halides is 2. The molecule has 244 valence electrons. The van der Waals surface area contributed by atoms with Crippen molar-refractivity contribution in [3.05, 3.63) is 23.9 Å². The lowest BCUT2D eigenvalue weighted by Gasteiger charge is -2.45. The SMILES string of the molecule is CC[C@@H]1[C@@H]2CN(C(=O)[C@H](C3(C)COC3)NC(=O)O[C@@H]3C[C@H]3CCCCC(F)(F)c3nc4ccc(OC)cc4nc3O2)[C@@H]1C(C)=O. The van der Waals surface area contributed by atoms with Crippen molar-refractivity contribution in [1.82, 2.24) is 20.2 Å². The van der Waals surface area contributed by atoms with Gasteiger partial charge in [0.15, 0.2) is 11.5 Å². The quantitative estimate of drug-likeness (QED) is 0.523. The predicted octanol–water partition coefficient (Wildman–Crippen LogP) is 4.40. The van der Waals surface area contributed by atoms with Crippen molar-refractivity contribution in [3.63, 3.8) is 0 Å². The van der Waals surface area contributed by atoms with Gasteiger partial charge >= 0.3 is 6.09 Å². The topological polar surface area (TPSA) is 129 Å². The maximum absolute atomic E-state index is 16.0. The molecule has 4 aliphatic rings. The smallest absolute Gasteiger partial charge is 0.408 e. The third-order valence-corrected chi connectivity index (χ3v) is 9.72. The number of ether oxygens (including phenoxy) is 4. The monoisotopic (exact) mass is 630 g/mol. The van der Waals surface area contributed by atoms with E-state index in [1.54, 1.807) is 18.2 Å². The number of Topliss-reactive ketones (excluding diaryl/α,β-unsaturated/α-hetero) is 1. The Hall–Kier alpha value is -3.61. The maximum Gasteiger partial charge on any atom is 0.408 e. The number of hydrogen-bond donors (Lipinski definition) is 1. The van der Waals surface area contributed by atoms with Gasteiger partial charge in [0.05, 0.1) is 43.9 Å². The van der Waals surface area contributed by atoms with E-state index in [1.807, 2.05) is 13.8 Å². The summed E-state index contributed by atoms with van der Waals surface area (Å²) in [5.74, 6) is -4.42. The molecule has 2 amide bonds. The van der Waals surface area contributed by atoms with Crippen LogP contribution in [-0.2, 0) is 25.0 Å². The molecule has 6 atom stereocenters. The first-order chi connectivity index (χ1) is 21.4. The first-order valence-corrected chi connectivity index (χ1v) is 15.7. The van der Waals surface area contributed by atoms with Gasteiger partial charge in [0, 0.05) is 23.8 Å².